The highest BCUT2D eigenvalue weighted by Gasteiger charge is 2.12. The fourth-order valence-electron chi connectivity index (χ4n) is 1.70. The molecule has 20 heavy (non-hydrogen) atoms. The van der Waals surface area contributed by atoms with Gasteiger partial charge in [0.05, 0.1) is 12.8 Å². The summed E-state index contributed by atoms with van der Waals surface area (Å²) in [6.07, 6.45) is 0. The molecule has 1 amide bonds. The molecule has 0 aromatic heterocycles. The first-order valence-corrected chi connectivity index (χ1v) is 5.79. The molecule has 0 aliphatic heterocycles. The summed E-state index contributed by atoms with van der Waals surface area (Å²) in [4.78, 5) is 12.1. The van der Waals surface area contributed by atoms with Crippen LogP contribution in [0.1, 0.15) is 15.9 Å². The molecule has 1 N–H and O–H groups in total. The Balaban J connectivity index is 2.28. The van der Waals surface area contributed by atoms with Crippen molar-refractivity contribution in [2.75, 3.05) is 12.4 Å². The van der Waals surface area contributed by atoms with Crippen molar-refractivity contribution in [1.82, 2.24) is 0 Å². The number of benzene rings is 2. The molecule has 5 heteroatoms. The number of carbonyl (C=O) groups is 1. The number of amides is 1. The third-order valence-corrected chi connectivity index (χ3v) is 2.71. The molecule has 0 fully saturated rings. The Morgan fingerprint density at radius 3 is 2.75 bits per heavy atom. The van der Waals surface area contributed by atoms with Gasteiger partial charge in [-0.25, -0.2) is 4.39 Å². The minimum Gasteiger partial charge on any atom is -0.497 e. The van der Waals surface area contributed by atoms with E-state index in [9.17, 15) is 9.18 Å². The van der Waals surface area contributed by atoms with Crippen molar-refractivity contribution in [2.45, 2.75) is 0 Å². The summed E-state index contributed by atoms with van der Waals surface area (Å²) in [6, 6.07) is 12.3. The summed E-state index contributed by atoms with van der Waals surface area (Å²) in [5.41, 5.74) is 0.307. The maximum absolute atomic E-state index is 13.4. The van der Waals surface area contributed by atoms with Crippen LogP contribution < -0.4 is 10.1 Å². The number of methoxy groups -OCH3 is 1. The molecule has 0 saturated heterocycles. The Morgan fingerprint density at radius 2 is 2.05 bits per heavy atom. The number of carbonyl (C=O) groups excluding carboxylic acids is 1. The number of rotatable bonds is 3. The van der Waals surface area contributed by atoms with E-state index in [1.165, 1.54) is 25.3 Å². The van der Waals surface area contributed by atoms with Gasteiger partial charge in [0.25, 0.3) is 5.91 Å². The molecule has 0 bridgehead atoms. The Bertz CT molecular complexity index is 693. The topological polar surface area (TPSA) is 62.1 Å². The molecule has 100 valence electrons. The third kappa shape index (κ3) is 2.75. The van der Waals surface area contributed by atoms with E-state index in [0.29, 0.717) is 11.3 Å². The molecular formula is C15H11FN2O2. The highest BCUT2D eigenvalue weighted by molar-refractivity contribution is 6.05. The highest BCUT2D eigenvalue weighted by Crippen LogP contribution is 2.19. The summed E-state index contributed by atoms with van der Waals surface area (Å²) in [6.45, 7) is 0. The lowest BCUT2D eigenvalue weighted by Gasteiger charge is -2.08. The molecule has 2 aromatic carbocycles. The largest absolute Gasteiger partial charge is 0.497 e. The molecule has 0 heterocycles. The van der Waals surface area contributed by atoms with E-state index in [2.05, 4.69) is 5.32 Å². The fourth-order valence-corrected chi connectivity index (χ4v) is 1.70. The maximum Gasteiger partial charge on any atom is 0.255 e. The summed E-state index contributed by atoms with van der Waals surface area (Å²) < 4.78 is 18.5. The fraction of sp³-hybridized carbons (Fsp3) is 0.0667. The number of nitrogens with zero attached hydrogens (tertiary/aromatic N) is 1. The van der Waals surface area contributed by atoms with Crippen LogP contribution in [0.25, 0.3) is 0 Å². The normalized spacial score (nSPS) is 9.65. The molecule has 0 spiro atoms. The molecule has 0 atom stereocenters. The van der Waals surface area contributed by atoms with Crippen LogP contribution in [0.5, 0.6) is 5.75 Å². The lowest BCUT2D eigenvalue weighted by atomic mass is 10.1. The molecule has 0 aliphatic rings. The van der Waals surface area contributed by atoms with Crippen LogP contribution in [0.4, 0.5) is 10.1 Å². The Morgan fingerprint density at radius 1 is 1.30 bits per heavy atom. The van der Waals surface area contributed by atoms with Crippen LogP contribution in [0, 0.1) is 17.1 Å². The molecule has 0 saturated carbocycles. The van der Waals surface area contributed by atoms with E-state index >= 15 is 0 Å². The Hall–Kier alpha value is -2.87. The van der Waals surface area contributed by atoms with E-state index in [0.717, 1.165) is 0 Å². The second-order valence-electron chi connectivity index (χ2n) is 3.96. The first-order chi connectivity index (χ1) is 9.65. The zero-order valence-electron chi connectivity index (χ0n) is 10.7. The number of hydrogen-bond acceptors (Lipinski definition) is 3. The van der Waals surface area contributed by atoms with Gasteiger partial charge in [0.15, 0.2) is 0 Å². The molecule has 4 nitrogen and oxygen atoms in total. The van der Waals surface area contributed by atoms with Crippen molar-refractivity contribution in [3.8, 4) is 11.8 Å². The van der Waals surface area contributed by atoms with E-state index < -0.39 is 11.7 Å². The number of hydrogen-bond donors (Lipinski definition) is 1. The number of ether oxygens (including phenoxy) is 1. The van der Waals surface area contributed by atoms with Crippen LogP contribution in [0.15, 0.2) is 42.5 Å². The van der Waals surface area contributed by atoms with Crippen LogP contribution in [-0.4, -0.2) is 13.0 Å². The first-order valence-electron chi connectivity index (χ1n) is 5.79. The van der Waals surface area contributed by atoms with Crippen molar-refractivity contribution in [3.05, 3.63) is 59.4 Å². The first kappa shape index (κ1) is 13.6. The van der Waals surface area contributed by atoms with Gasteiger partial charge < -0.3 is 10.1 Å². The van der Waals surface area contributed by atoms with Crippen LogP contribution in [0.3, 0.4) is 0 Å². The Labute approximate surface area is 115 Å². The van der Waals surface area contributed by atoms with Gasteiger partial charge in [-0.2, -0.15) is 5.26 Å². The van der Waals surface area contributed by atoms with Gasteiger partial charge in [0, 0.05) is 5.56 Å². The van der Waals surface area contributed by atoms with Crippen LogP contribution >= 0.6 is 0 Å². The van der Waals surface area contributed by atoms with Gasteiger partial charge >= 0.3 is 0 Å². The molecule has 2 aromatic rings. The second-order valence-corrected chi connectivity index (χ2v) is 3.96. The zero-order chi connectivity index (χ0) is 14.5. The monoisotopic (exact) mass is 270 g/mol. The van der Waals surface area contributed by atoms with Crippen LogP contribution in [0.2, 0.25) is 0 Å². The molecule has 0 aliphatic carbocycles. The smallest absolute Gasteiger partial charge is 0.255 e. The number of halogens is 1. The average molecular weight is 270 g/mol. The van der Waals surface area contributed by atoms with Crippen molar-refractivity contribution in [1.29, 1.82) is 5.26 Å². The van der Waals surface area contributed by atoms with Crippen molar-refractivity contribution < 1.29 is 13.9 Å². The minimum absolute atomic E-state index is 0.139. The summed E-state index contributed by atoms with van der Waals surface area (Å²) in [7, 11) is 1.50. The molecular weight excluding hydrogens is 259 g/mol. The van der Waals surface area contributed by atoms with Gasteiger partial charge in [-0.1, -0.05) is 12.1 Å². The van der Waals surface area contributed by atoms with Gasteiger partial charge in [0.2, 0.25) is 0 Å². The number of nitrogens with one attached hydrogen (secondary N) is 1. The second kappa shape index (κ2) is 5.85. The summed E-state index contributed by atoms with van der Waals surface area (Å²) in [5.74, 6) is -0.570. The maximum atomic E-state index is 13.4. The van der Waals surface area contributed by atoms with Gasteiger partial charge in [-0.05, 0) is 30.3 Å². The molecule has 0 unspecified atom stereocenters. The lowest BCUT2D eigenvalue weighted by Crippen LogP contribution is -2.13. The number of nitriles is 1. The van der Waals surface area contributed by atoms with E-state index in [4.69, 9.17) is 10.00 Å². The van der Waals surface area contributed by atoms with E-state index in [1.807, 2.05) is 0 Å². The standard InChI is InChI=1S/C15H11FN2O2/c1-20-11-5-2-4-10(8-11)15(19)18-14-7-3-6-13(16)12(14)9-17/h2-8H,1H3,(H,18,19). The molecule has 0 radical (unpaired) electrons. The highest BCUT2D eigenvalue weighted by atomic mass is 19.1. The van der Waals surface area contributed by atoms with E-state index in [1.54, 1.807) is 30.3 Å². The van der Waals surface area contributed by atoms with Gasteiger partial charge in [0.1, 0.15) is 23.2 Å². The summed E-state index contributed by atoms with van der Waals surface area (Å²) in [5, 5.41) is 11.4. The lowest BCUT2D eigenvalue weighted by molar-refractivity contribution is 0.102. The predicted molar refractivity (Wildman–Crippen MR) is 72.1 cm³/mol. The van der Waals surface area contributed by atoms with Crippen molar-refractivity contribution in [2.24, 2.45) is 0 Å². The van der Waals surface area contributed by atoms with Crippen LogP contribution in [-0.2, 0) is 0 Å². The summed E-state index contributed by atoms with van der Waals surface area (Å²) >= 11 is 0. The van der Waals surface area contributed by atoms with Crippen molar-refractivity contribution >= 4 is 11.6 Å². The quantitative estimate of drug-likeness (QED) is 0.932. The third-order valence-electron chi connectivity index (χ3n) is 2.71. The minimum atomic E-state index is -0.670. The number of anilines is 1. The molecule has 2 rings (SSSR count). The zero-order valence-corrected chi connectivity index (χ0v) is 10.7. The van der Waals surface area contributed by atoms with E-state index in [-0.39, 0.29) is 11.3 Å². The van der Waals surface area contributed by atoms with Crippen molar-refractivity contribution in [3.63, 3.8) is 0 Å². The Kier molecular flexibility index (Phi) is 3.96. The van der Waals surface area contributed by atoms with Gasteiger partial charge in [-0.3, -0.25) is 4.79 Å². The SMILES string of the molecule is COc1cccc(C(=O)Nc2cccc(F)c2C#N)c1. The average Bonchev–Trinajstić information content (AvgIpc) is 2.47. The van der Waals surface area contributed by atoms with Gasteiger partial charge in [-0.15, -0.1) is 0 Å². The predicted octanol–water partition coefficient (Wildman–Crippen LogP) is 2.96.